The molecule has 0 amide bonds. The molecule has 0 aliphatic carbocycles. The normalized spacial score (nSPS) is 11.3. The van der Waals surface area contributed by atoms with Gasteiger partial charge in [-0.1, -0.05) is 47.5 Å². The second-order valence-corrected chi connectivity index (χ2v) is 6.19. The van der Waals surface area contributed by atoms with E-state index < -0.39 is 11.6 Å². The molecule has 0 aliphatic heterocycles. The van der Waals surface area contributed by atoms with E-state index in [0.717, 1.165) is 0 Å². The molecule has 0 atom stereocenters. The van der Waals surface area contributed by atoms with Gasteiger partial charge in [0, 0.05) is 17.1 Å². The van der Waals surface area contributed by atoms with Gasteiger partial charge < -0.3 is 4.74 Å². The van der Waals surface area contributed by atoms with Gasteiger partial charge in [-0.15, -0.1) is 0 Å². The molecule has 0 fully saturated rings. The van der Waals surface area contributed by atoms with Crippen LogP contribution in [0.4, 0.5) is 8.78 Å². The zero-order chi connectivity index (χ0) is 18.4. The van der Waals surface area contributed by atoms with Gasteiger partial charge in [-0.3, -0.25) is 4.98 Å². The molecule has 0 radical (unpaired) electrons. The predicted octanol–water partition coefficient (Wildman–Crippen LogP) is 5.44. The Morgan fingerprint density at radius 1 is 1.04 bits per heavy atom. The summed E-state index contributed by atoms with van der Waals surface area (Å²) in [5.74, 6) is -1.32. The maximum atomic E-state index is 15.2. The Kier molecular flexibility index (Phi) is 4.09. The monoisotopic (exact) mass is 391 g/mol. The molecule has 8 heteroatoms. The minimum absolute atomic E-state index is 0.0202. The molecule has 2 aromatic heterocycles. The van der Waals surface area contributed by atoms with E-state index in [4.69, 9.17) is 27.9 Å². The lowest BCUT2D eigenvalue weighted by Gasteiger charge is -2.11. The van der Waals surface area contributed by atoms with E-state index in [2.05, 4.69) is 15.0 Å². The number of hydrogen-bond donors (Lipinski definition) is 0. The standard InChI is InChI=1S/C18H9Cl2F2N3O/c1-26-18-24-16-10(17(20)25-18)7-23-15(14(16)22)9-4-2-3-8-5-6-11(21)13(19)12(8)9/h2-7H,1H3. The third kappa shape index (κ3) is 2.53. The quantitative estimate of drug-likeness (QED) is 0.427. The average Bonchev–Trinajstić information content (AvgIpc) is 2.65. The summed E-state index contributed by atoms with van der Waals surface area (Å²) in [7, 11) is 1.35. The molecule has 2 heterocycles. The largest absolute Gasteiger partial charge is 0.467 e. The fourth-order valence-electron chi connectivity index (χ4n) is 2.79. The number of fused-ring (bicyclic) bond motifs is 2. The van der Waals surface area contributed by atoms with E-state index in [1.807, 2.05) is 0 Å². The molecule has 0 bridgehead atoms. The lowest BCUT2D eigenvalue weighted by molar-refractivity contribution is 0.381. The Morgan fingerprint density at radius 2 is 1.85 bits per heavy atom. The maximum Gasteiger partial charge on any atom is 0.318 e. The van der Waals surface area contributed by atoms with E-state index in [0.29, 0.717) is 16.3 Å². The molecule has 4 rings (SSSR count). The Morgan fingerprint density at radius 3 is 2.62 bits per heavy atom. The summed E-state index contributed by atoms with van der Waals surface area (Å²) >= 11 is 12.2. The van der Waals surface area contributed by atoms with E-state index >= 15 is 4.39 Å². The highest BCUT2D eigenvalue weighted by Crippen LogP contribution is 2.37. The summed E-state index contributed by atoms with van der Waals surface area (Å²) in [6.45, 7) is 0. The first-order valence-electron chi connectivity index (χ1n) is 7.44. The molecule has 0 spiro atoms. The molecule has 0 saturated carbocycles. The number of rotatable bonds is 2. The fraction of sp³-hybridized carbons (Fsp3) is 0.0556. The highest BCUT2D eigenvalue weighted by Gasteiger charge is 2.19. The fourth-order valence-corrected chi connectivity index (χ4v) is 3.27. The van der Waals surface area contributed by atoms with E-state index in [1.165, 1.54) is 19.4 Å². The molecule has 4 nitrogen and oxygen atoms in total. The number of methoxy groups -OCH3 is 1. The van der Waals surface area contributed by atoms with Crippen molar-refractivity contribution in [2.24, 2.45) is 0 Å². The second kappa shape index (κ2) is 6.30. The molecule has 2 aromatic carbocycles. The van der Waals surface area contributed by atoms with Crippen molar-refractivity contribution >= 4 is 44.9 Å². The molecular formula is C18H9Cl2F2N3O. The third-order valence-corrected chi connectivity index (χ3v) is 4.65. The summed E-state index contributed by atoms with van der Waals surface area (Å²) in [5, 5.41) is 1.19. The smallest absolute Gasteiger partial charge is 0.318 e. The van der Waals surface area contributed by atoms with Gasteiger partial charge in [0.25, 0.3) is 0 Å². The number of halogens is 4. The molecule has 26 heavy (non-hydrogen) atoms. The van der Waals surface area contributed by atoms with Crippen LogP contribution in [0.15, 0.2) is 36.5 Å². The van der Waals surface area contributed by atoms with Crippen molar-refractivity contribution in [2.75, 3.05) is 7.11 Å². The van der Waals surface area contributed by atoms with Gasteiger partial charge >= 0.3 is 6.01 Å². The number of benzene rings is 2. The average molecular weight is 392 g/mol. The molecule has 0 saturated heterocycles. The van der Waals surface area contributed by atoms with Crippen LogP contribution in [0.2, 0.25) is 10.2 Å². The van der Waals surface area contributed by atoms with Crippen LogP contribution in [0.25, 0.3) is 32.9 Å². The van der Waals surface area contributed by atoms with Gasteiger partial charge in [0.15, 0.2) is 5.82 Å². The highest BCUT2D eigenvalue weighted by atomic mass is 35.5. The van der Waals surface area contributed by atoms with E-state index in [1.54, 1.807) is 24.3 Å². The Labute approximate surface area is 156 Å². The van der Waals surface area contributed by atoms with Crippen LogP contribution >= 0.6 is 23.2 Å². The third-order valence-electron chi connectivity index (χ3n) is 3.99. The Hall–Kier alpha value is -2.57. The predicted molar refractivity (Wildman–Crippen MR) is 96.8 cm³/mol. The van der Waals surface area contributed by atoms with Crippen LogP contribution in [0.1, 0.15) is 0 Å². The summed E-state index contributed by atoms with van der Waals surface area (Å²) in [5.41, 5.74) is 0.281. The summed E-state index contributed by atoms with van der Waals surface area (Å²) in [4.78, 5) is 12.1. The summed E-state index contributed by atoms with van der Waals surface area (Å²) in [6, 6.07) is 7.85. The van der Waals surface area contributed by atoms with Gasteiger partial charge in [0.05, 0.1) is 17.5 Å². The van der Waals surface area contributed by atoms with Gasteiger partial charge in [-0.05, 0) is 11.5 Å². The minimum atomic E-state index is -0.724. The van der Waals surface area contributed by atoms with Crippen molar-refractivity contribution in [1.29, 1.82) is 0 Å². The van der Waals surface area contributed by atoms with Crippen LogP contribution in [0, 0.1) is 11.6 Å². The molecule has 0 N–H and O–H groups in total. The summed E-state index contributed by atoms with van der Waals surface area (Å²) in [6.07, 6.45) is 1.36. The number of ether oxygens (including phenoxy) is 1. The first-order valence-corrected chi connectivity index (χ1v) is 8.19. The van der Waals surface area contributed by atoms with Crippen molar-refractivity contribution in [3.05, 3.63) is 58.3 Å². The number of hydrogen-bond acceptors (Lipinski definition) is 4. The SMILES string of the molecule is COc1nc(Cl)c2cnc(-c3cccc4ccc(F)c(Cl)c34)c(F)c2n1. The summed E-state index contributed by atoms with van der Waals surface area (Å²) < 4.78 is 34.1. The number of nitrogens with zero attached hydrogens (tertiary/aromatic N) is 3. The Balaban J connectivity index is 2.09. The van der Waals surface area contributed by atoms with Gasteiger partial charge in [0.1, 0.15) is 22.2 Å². The lowest BCUT2D eigenvalue weighted by Crippen LogP contribution is -1.99. The van der Waals surface area contributed by atoms with E-state index in [-0.39, 0.29) is 32.8 Å². The second-order valence-electron chi connectivity index (χ2n) is 5.45. The van der Waals surface area contributed by atoms with Crippen molar-refractivity contribution < 1.29 is 13.5 Å². The number of aromatic nitrogens is 3. The van der Waals surface area contributed by atoms with Crippen molar-refractivity contribution in [1.82, 2.24) is 15.0 Å². The van der Waals surface area contributed by atoms with E-state index in [9.17, 15) is 4.39 Å². The molecule has 0 unspecified atom stereocenters. The van der Waals surface area contributed by atoms with Crippen LogP contribution in [-0.2, 0) is 0 Å². The van der Waals surface area contributed by atoms with Gasteiger partial charge in [-0.2, -0.15) is 9.97 Å². The van der Waals surface area contributed by atoms with Crippen LogP contribution in [0.3, 0.4) is 0 Å². The molecule has 0 aliphatic rings. The molecule has 4 aromatic rings. The number of pyridine rings is 1. The van der Waals surface area contributed by atoms with Crippen molar-refractivity contribution in [3.8, 4) is 17.3 Å². The van der Waals surface area contributed by atoms with Crippen molar-refractivity contribution in [2.45, 2.75) is 0 Å². The first-order chi connectivity index (χ1) is 12.5. The lowest BCUT2D eigenvalue weighted by atomic mass is 10.0. The van der Waals surface area contributed by atoms with Gasteiger partial charge in [0.2, 0.25) is 0 Å². The molecule has 130 valence electrons. The Bertz CT molecular complexity index is 1180. The topological polar surface area (TPSA) is 47.9 Å². The van der Waals surface area contributed by atoms with Crippen molar-refractivity contribution in [3.63, 3.8) is 0 Å². The van der Waals surface area contributed by atoms with Crippen LogP contribution in [-0.4, -0.2) is 22.1 Å². The zero-order valence-electron chi connectivity index (χ0n) is 13.2. The molecular weight excluding hydrogens is 383 g/mol. The highest BCUT2D eigenvalue weighted by molar-refractivity contribution is 6.37. The van der Waals surface area contributed by atoms with Crippen LogP contribution < -0.4 is 4.74 Å². The van der Waals surface area contributed by atoms with Crippen LogP contribution in [0.5, 0.6) is 6.01 Å². The zero-order valence-corrected chi connectivity index (χ0v) is 14.7. The maximum absolute atomic E-state index is 15.2. The van der Waals surface area contributed by atoms with Gasteiger partial charge in [-0.25, -0.2) is 8.78 Å². The minimum Gasteiger partial charge on any atom is -0.467 e. The first kappa shape index (κ1) is 16.9.